The summed E-state index contributed by atoms with van der Waals surface area (Å²) in [5.41, 5.74) is 0. The molecule has 0 aromatic heterocycles. The largest absolute Gasteiger partial charge is 0.505 e. The number of methoxy groups -OCH3 is 1. The number of allylic oxidation sites excluding steroid dienone is 1. The Hall–Kier alpha value is -1.32. The number of hydrogen-bond acceptors (Lipinski definition) is 4. The first kappa shape index (κ1) is 8.77. The van der Waals surface area contributed by atoms with E-state index in [1.54, 1.807) is 6.08 Å². The third-order valence-corrected chi connectivity index (χ3v) is 1.61. The fraction of sp³-hybridized carbons (Fsp3) is 0.500. The number of hydrogen-bond donors (Lipinski definition) is 0. The highest BCUT2D eigenvalue weighted by molar-refractivity contribution is 5.94. The van der Waals surface area contributed by atoms with E-state index in [1.807, 2.05) is 0 Å². The van der Waals surface area contributed by atoms with Crippen molar-refractivity contribution in [2.45, 2.75) is 12.8 Å². The van der Waals surface area contributed by atoms with Gasteiger partial charge in [-0.25, -0.2) is 0 Å². The molecular formula is C8H10O4. The van der Waals surface area contributed by atoms with E-state index in [1.165, 1.54) is 13.4 Å². The molecule has 0 bridgehead atoms. The van der Waals surface area contributed by atoms with Gasteiger partial charge >= 0.3 is 11.9 Å². The zero-order valence-corrected chi connectivity index (χ0v) is 6.78. The highest BCUT2D eigenvalue weighted by atomic mass is 16.6. The van der Waals surface area contributed by atoms with Crippen LogP contribution in [0.1, 0.15) is 12.8 Å². The summed E-state index contributed by atoms with van der Waals surface area (Å²) in [5, 5.41) is 0. The van der Waals surface area contributed by atoms with E-state index in [0.29, 0.717) is 6.42 Å². The number of carbonyl (C=O) groups is 2. The van der Waals surface area contributed by atoms with Gasteiger partial charge < -0.3 is 9.47 Å². The maximum absolute atomic E-state index is 10.9. The molecule has 1 saturated heterocycles. The lowest BCUT2D eigenvalue weighted by Crippen LogP contribution is -2.05. The van der Waals surface area contributed by atoms with Crippen LogP contribution in [0.2, 0.25) is 0 Å². The molecule has 0 aliphatic carbocycles. The SMILES string of the molecule is COC=CCC1CC(=O)OC1=O. The van der Waals surface area contributed by atoms with Crippen molar-refractivity contribution in [1.82, 2.24) is 0 Å². The number of rotatable bonds is 3. The zero-order valence-electron chi connectivity index (χ0n) is 6.78. The number of carbonyl (C=O) groups excluding carboxylic acids is 2. The Morgan fingerprint density at radius 3 is 2.92 bits per heavy atom. The molecule has 0 saturated carbocycles. The summed E-state index contributed by atoms with van der Waals surface area (Å²) in [4.78, 5) is 21.5. The van der Waals surface area contributed by atoms with E-state index < -0.39 is 11.9 Å². The van der Waals surface area contributed by atoms with Gasteiger partial charge in [-0.15, -0.1) is 0 Å². The van der Waals surface area contributed by atoms with E-state index in [0.717, 1.165) is 0 Å². The minimum Gasteiger partial charge on any atom is -0.505 e. The molecule has 0 N–H and O–H groups in total. The second-order valence-electron chi connectivity index (χ2n) is 2.54. The van der Waals surface area contributed by atoms with Crippen LogP contribution in [0.25, 0.3) is 0 Å². The van der Waals surface area contributed by atoms with E-state index >= 15 is 0 Å². The topological polar surface area (TPSA) is 52.6 Å². The highest BCUT2D eigenvalue weighted by Gasteiger charge is 2.32. The van der Waals surface area contributed by atoms with E-state index in [9.17, 15) is 9.59 Å². The normalized spacial score (nSPS) is 23.2. The molecular weight excluding hydrogens is 160 g/mol. The summed E-state index contributed by atoms with van der Waals surface area (Å²) in [6, 6.07) is 0. The van der Waals surface area contributed by atoms with Gasteiger partial charge in [-0.3, -0.25) is 9.59 Å². The lowest BCUT2D eigenvalue weighted by Gasteiger charge is -1.96. The lowest BCUT2D eigenvalue weighted by atomic mass is 10.0. The van der Waals surface area contributed by atoms with Gasteiger partial charge in [-0.05, 0) is 12.5 Å². The highest BCUT2D eigenvalue weighted by Crippen LogP contribution is 2.19. The van der Waals surface area contributed by atoms with Crippen molar-refractivity contribution in [1.29, 1.82) is 0 Å². The first-order chi connectivity index (χ1) is 5.74. The fourth-order valence-electron chi connectivity index (χ4n) is 1.02. The van der Waals surface area contributed by atoms with Crippen molar-refractivity contribution in [2.24, 2.45) is 5.92 Å². The van der Waals surface area contributed by atoms with Crippen LogP contribution in [-0.2, 0) is 19.1 Å². The van der Waals surface area contributed by atoms with Gasteiger partial charge in [0.25, 0.3) is 0 Å². The van der Waals surface area contributed by atoms with Crippen LogP contribution in [0.15, 0.2) is 12.3 Å². The minimum absolute atomic E-state index is 0.187. The Morgan fingerprint density at radius 2 is 2.42 bits per heavy atom. The van der Waals surface area contributed by atoms with Crippen LogP contribution < -0.4 is 0 Å². The molecule has 1 heterocycles. The van der Waals surface area contributed by atoms with Gasteiger partial charge in [0.2, 0.25) is 0 Å². The number of cyclic esters (lactones) is 2. The third-order valence-electron chi connectivity index (χ3n) is 1.61. The standard InChI is InChI=1S/C8H10O4/c1-11-4-2-3-6-5-7(9)12-8(6)10/h2,4,6H,3,5H2,1H3. The molecule has 4 heteroatoms. The Balaban J connectivity index is 2.38. The van der Waals surface area contributed by atoms with Crippen molar-refractivity contribution in [3.8, 4) is 0 Å². The summed E-state index contributed by atoms with van der Waals surface area (Å²) in [6.45, 7) is 0. The van der Waals surface area contributed by atoms with Gasteiger partial charge in [0.05, 0.1) is 25.7 Å². The van der Waals surface area contributed by atoms with Crippen LogP contribution in [0.5, 0.6) is 0 Å². The Bertz CT molecular complexity index is 219. The quantitative estimate of drug-likeness (QED) is 0.354. The molecule has 0 aromatic carbocycles. The molecule has 1 aliphatic rings. The Kier molecular flexibility index (Phi) is 2.85. The maximum Gasteiger partial charge on any atom is 0.317 e. The Morgan fingerprint density at radius 1 is 1.67 bits per heavy atom. The second kappa shape index (κ2) is 3.90. The summed E-state index contributed by atoms with van der Waals surface area (Å²) in [5.74, 6) is -1.18. The molecule has 0 aromatic rings. The summed E-state index contributed by atoms with van der Waals surface area (Å²) < 4.78 is 9.00. The van der Waals surface area contributed by atoms with Gasteiger partial charge in [0, 0.05) is 0 Å². The smallest absolute Gasteiger partial charge is 0.317 e. The van der Waals surface area contributed by atoms with E-state index in [2.05, 4.69) is 9.47 Å². The molecule has 66 valence electrons. The number of ether oxygens (including phenoxy) is 2. The average Bonchev–Trinajstić information content (AvgIpc) is 2.31. The first-order valence-corrected chi connectivity index (χ1v) is 3.66. The zero-order chi connectivity index (χ0) is 8.97. The van der Waals surface area contributed by atoms with Crippen LogP contribution in [0, 0.1) is 5.92 Å². The predicted molar refractivity (Wildman–Crippen MR) is 40.0 cm³/mol. The van der Waals surface area contributed by atoms with Crippen molar-refractivity contribution in [3.05, 3.63) is 12.3 Å². The summed E-state index contributed by atoms with van der Waals surface area (Å²) >= 11 is 0. The van der Waals surface area contributed by atoms with Gasteiger partial charge in [-0.1, -0.05) is 0 Å². The third kappa shape index (κ3) is 2.08. The fourth-order valence-corrected chi connectivity index (χ4v) is 1.02. The van der Waals surface area contributed by atoms with Crippen molar-refractivity contribution in [3.63, 3.8) is 0 Å². The van der Waals surface area contributed by atoms with Crippen LogP contribution in [0.3, 0.4) is 0 Å². The van der Waals surface area contributed by atoms with Gasteiger partial charge in [0.1, 0.15) is 0 Å². The molecule has 0 spiro atoms. The van der Waals surface area contributed by atoms with Gasteiger partial charge in [-0.2, -0.15) is 0 Å². The first-order valence-electron chi connectivity index (χ1n) is 3.66. The van der Waals surface area contributed by atoms with Crippen molar-refractivity contribution >= 4 is 11.9 Å². The van der Waals surface area contributed by atoms with Crippen molar-refractivity contribution in [2.75, 3.05) is 7.11 Å². The summed E-state index contributed by atoms with van der Waals surface area (Å²) in [6.07, 6.45) is 3.87. The molecule has 4 nitrogen and oxygen atoms in total. The van der Waals surface area contributed by atoms with Crippen LogP contribution in [0.4, 0.5) is 0 Å². The number of esters is 2. The van der Waals surface area contributed by atoms with Gasteiger partial charge in [0.15, 0.2) is 0 Å². The van der Waals surface area contributed by atoms with Crippen molar-refractivity contribution < 1.29 is 19.1 Å². The lowest BCUT2D eigenvalue weighted by molar-refractivity contribution is -0.153. The van der Waals surface area contributed by atoms with Crippen LogP contribution >= 0.6 is 0 Å². The molecule has 1 rings (SSSR count). The summed E-state index contributed by atoms with van der Waals surface area (Å²) in [7, 11) is 1.52. The molecule has 1 fully saturated rings. The van der Waals surface area contributed by atoms with Crippen LogP contribution in [-0.4, -0.2) is 19.0 Å². The Labute approximate surface area is 70.1 Å². The second-order valence-corrected chi connectivity index (χ2v) is 2.54. The molecule has 0 amide bonds. The minimum atomic E-state index is -0.434. The maximum atomic E-state index is 10.9. The molecule has 1 unspecified atom stereocenters. The molecule has 1 aliphatic heterocycles. The van der Waals surface area contributed by atoms with E-state index in [4.69, 9.17) is 0 Å². The molecule has 12 heavy (non-hydrogen) atoms. The van der Waals surface area contributed by atoms with E-state index in [-0.39, 0.29) is 12.3 Å². The monoisotopic (exact) mass is 170 g/mol. The molecule has 1 atom stereocenters. The average molecular weight is 170 g/mol. The predicted octanol–water partition coefficient (Wildman–Crippen LogP) is 0.626. The molecule has 0 radical (unpaired) electrons.